The Kier molecular flexibility index (Phi) is 3.71. The van der Waals surface area contributed by atoms with Crippen molar-refractivity contribution < 1.29 is 4.74 Å². The molecule has 0 amide bonds. The van der Waals surface area contributed by atoms with Crippen LogP contribution in [0.25, 0.3) is 16.9 Å². The molecule has 0 unspecified atom stereocenters. The zero-order chi connectivity index (χ0) is 15.5. The zero-order valence-electron chi connectivity index (χ0n) is 12.4. The summed E-state index contributed by atoms with van der Waals surface area (Å²) >= 11 is 0. The maximum absolute atomic E-state index is 9.17. The number of aryl methyl sites for hydroxylation is 1. The van der Waals surface area contributed by atoms with E-state index in [1.54, 1.807) is 10.7 Å². The first-order chi connectivity index (χ1) is 10.8. The number of hydrogen-bond donors (Lipinski definition) is 0. The summed E-state index contributed by atoms with van der Waals surface area (Å²) in [4.78, 5) is 8.88. The molecule has 0 aromatic carbocycles. The van der Waals surface area contributed by atoms with Crippen molar-refractivity contribution in [3.63, 3.8) is 0 Å². The lowest BCUT2D eigenvalue weighted by Gasteiger charge is -2.13. The van der Waals surface area contributed by atoms with Gasteiger partial charge in [-0.15, -0.1) is 0 Å². The van der Waals surface area contributed by atoms with Crippen molar-refractivity contribution in [3.8, 4) is 23.2 Å². The smallest absolute Gasteiger partial charge is 0.226 e. The van der Waals surface area contributed by atoms with Gasteiger partial charge in [-0.2, -0.15) is 15.3 Å². The van der Waals surface area contributed by atoms with Crippen molar-refractivity contribution in [2.45, 2.75) is 20.3 Å². The summed E-state index contributed by atoms with van der Waals surface area (Å²) in [5, 5.41) is 13.4. The molecule has 0 aliphatic carbocycles. The summed E-state index contributed by atoms with van der Waals surface area (Å²) in [5.74, 6) is 0.488. The maximum Gasteiger partial charge on any atom is 0.226 e. The van der Waals surface area contributed by atoms with Gasteiger partial charge in [-0.25, -0.2) is 4.52 Å². The Balaban J connectivity index is 2.29. The Labute approximate surface area is 128 Å². The topological polar surface area (TPSA) is 76.1 Å². The van der Waals surface area contributed by atoms with Crippen LogP contribution in [0.4, 0.5) is 0 Å². The molecule has 0 saturated carbocycles. The quantitative estimate of drug-likeness (QED) is 0.739. The normalized spacial score (nSPS) is 10.6. The van der Waals surface area contributed by atoms with Crippen LogP contribution in [0.5, 0.6) is 5.88 Å². The first-order valence-corrected chi connectivity index (χ1v) is 7.09. The number of rotatable bonds is 4. The number of nitriles is 1. The fraction of sp³-hybridized carbons (Fsp3) is 0.250. The van der Waals surface area contributed by atoms with E-state index < -0.39 is 0 Å². The number of nitrogens with zero attached hydrogens (tertiary/aromatic N) is 5. The van der Waals surface area contributed by atoms with E-state index in [2.05, 4.69) is 21.1 Å². The van der Waals surface area contributed by atoms with E-state index >= 15 is 0 Å². The molecule has 0 radical (unpaired) electrons. The van der Waals surface area contributed by atoms with Gasteiger partial charge in [-0.1, -0.05) is 13.0 Å². The van der Waals surface area contributed by atoms with Gasteiger partial charge in [0.05, 0.1) is 29.8 Å². The lowest BCUT2D eigenvalue weighted by Crippen LogP contribution is -2.06. The lowest BCUT2D eigenvalue weighted by molar-refractivity contribution is 0.306. The molecule has 0 aliphatic heterocycles. The second kappa shape index (κ2) is 5.82. The highest BCUT2D eigenvalue weighted by atomic mass is 16.5. The number of ether oxygens (including phenoxy) is 1. The van der Waals surface area contributed by atoms with Crippen molar-refractivity contribution in [2.24, 2.45) is 0 Å². The van der Waals surface area contributed by atoms with Gasteiger partial charge in [0.15, 0.2) is 5.65 Å². The molecule has 0 N–H and O–H groups in total. The van der Waals surface area contributed by atoms with E-state index in [4.69, 9.17) is 4.74 Å². The number of hydrogen-bond acceptors (Lipinski definition) is 5. The number of aromatic nitrogens is 4. The van der Waals surface area contributed by atoms with Gasteiger partial charge in [0.2, 0.25) is 5.88 Å². The standard InChI is InChI=1S/C16H15N5O/c1-3-8-22-16-14(13-6-4-5-7-18-13)11(2)21-15(20-16)12(9-17)10-19-21/h4-7,10H,3,8H2,1-2H3. The SMILES string of the molecule is CCCOc1nc2c(C#N)cnn2c(C)c1-c1ccccn1. The minimum Gasteiger partial charge on any atom is -0.477 e. The van der Waals surface area contributed by atoms with Crippen LogP contribution in [0.3, 0.4) is 0 Å². The minimum atomic E-state index is 0.428. The van der Waals surface area contributed by atoms with Crippen molar-refractivity contribution in [1.82, 2.24) is 19.6 Å². The zero-order valence-corrected chi connectivity index (χ0v) is 12.4. The molecule has 0 bridgehead atoms. The molecule has 3 aromatic heterocycles. The molecule has 0 fully saturated rings. The summed E-state index contributed by atoms with van der Waals surface area (Å²) in [5.41, 5.74) is 3.35. The number of fused-ring (bicyclic) bond motifs is 1. The predicted molar refractivity (Wildman–Crippen MR) is 81.5 cm³/mol. The van der Waals surface area contributed by atoms with Crippen LogP contribution < -0.4 is 4.74 Å². The summed E-state index contributed by atoms with van der Waals surface area (Å²) < 4.78 is 7.45. The largest absolute Gasteiger partial charge is 0.477 e. The van der Waals surface area contributed by atoms with Gasteiger partial charge in [-0.3, -0.25) is 4.98 Å². The molecular weight excluding hydrogens is 278 g/mol. The van der Waals surface area contributed by atoms with E-state index in [0.717, 1.165) is 23.4 Å². The van der Waals surface area contributed by atoms with E-state index in [0.29, 0.717) is 23.7 Å². The Hall–Kier alpha value is -2.94. The summed E-state index contributed by atoms with van der Waals surface area (Å²) in [6.07, 6.45) is 4.12. The first-order valence-electron chi connectivity index (χ1n) is 7.09. The van der Waals surface area contributed by atoms with Crippen LogP contribution in [-0.4, -0.2) is 26.2 Å². The van der Waals surface area contributed by atoms with Crippen LogP contribution in [-0.2, 0) is 0 Å². The van der Waals surface area contributed by atoms with Crippen molar-refractivity contribution in [1.29, 1.82) is 5.26 Å². The van der Waals surface area contributed by atoms with Crippen molar-refractivity contribution >= 4 is 5.65 Å². The maximum atomic E-state index is 9.17. The minimum absolute atomic E-state index is 0.428. The summed E-state index contributed by atoms with van der Waals surface area (Å²) in [6.45, 7) is 4.51. The molecule has 22 heavy (non-hydrogen) atoms. The second-order valence-corrected chi connectivity index (χ2v) is 4.85. The summed E-state index contributed by atoms with van der Waals surface area (Å²) in [7, 11) is 0. The Morgan fingerprint density at radius 3 is 2.91 bits per heavy atom. The highest BCUT2D eigenvalue weighted by Gasteiger charge is 2.19. The molecule has 0 spiro atoms. The highest BCUT2D eigenvalue weighted by molar-refractivity contribution is 5.71. The van der Waals surface area contributed by atoms with E-state index in [1.165, 1.54) is 6.20 Å². The first kappa shape index (κ1) is 14.0. The van der Waals surface area contributed by atoms with Gasteiger partial charge in [0.1, 0.15) is 11.6 Å². The molecule has 110 valence electrons. The highest BCUT2D eigenvalue weighted by Crippen LogP contribution is 2.31. The Bertz CT molecular complexity index is 848. The van der Waals surface area contributed by atoms with Gasteiger partial charge in [0, 0.05) is 6.20 Å². The van der Waals surface area contributed by atoms with Gasteiger partial charge in [0.25, 0.3) is 0 Å². The third-order valence-electron chi connectivity index (χ3n) is 3.33. The molecule has 3 rings (SSSR count). The average molecular weight is 293 g/mol. The molecule has 3 heterocycles. The third-order valence-corrected chi connectivity index (χ3v) is 3.33. The predicted octanol–water partition coefficient (Wildman–Crippen LogP) is 2.76. The van der Waals surface area contributed by atoms with Crippen LogP contribution in [0.2, 0.25) is 0 Å². The van der Waals surface area contributed by atoms with Gasteiger partial charge >= 0.3 is 0 Å². The van der Waals surface area contributed by atoms with Crippen LogP contribution in [0.15, 0.2) is 30.6 Å². The van der Waals surface area contributed by atoms with E-state index in [1.807, 2.05) is 32.0 Å². The van der Waals surface area contributed by atoms with Gasteiger partial charge < -0.3 is 4.74 Å². The van der Waals surface area contributed by atoms with E-state index in [-0.39, 0.29) is 0 Å². The average Bonchev–Trinajstić information content (AvgIpc) is 2.97. The Morgan fingerprint density at radius 1 is 1.36 bits per heavy atom. The molecule has 6 heteroatoms. The van der Waals surface area contributed by atoms with E-state index in [9.17, 15) is 5.26 Å². The molecule has 6 nitrogen and oxygen atoms in total. The second-order valence-electron chi connectivity index (χ2n) is 4.85. The lowest BCUT2D eigenvalue weighted by atomic mass is 10.1. The fourth-order valence-corrected chi connectivity index (χ4v) is 2.30. The third kappa shape index (κ3) is 2.27. The van der Waals surface area contributed by atoms with Crippen LogP contribution in [0, 0.1) is 18.3 Å². The van der Waals surface area contributed by atoms with Crippen LogP contribution >= 0.6 is 0 Å². The molecule has 0 saturated heterocycles. The summed E-state index contributed by atoms with van der Waals surface area (Å²) in [6, 6.07) is 7.79. The monoisotopic (exact) mass is 293 g/mol. The Morgan fingerprint density at radius 2 is 2.23 bits per heavy atom. The molecule has 3 aromatic rings. The number of pyridine rings is 1. The van der Waals surface area contributed by atoms with Crippen molar-refractivity contribution in [2.75, 3.05) is 6.61 Å². The molecule has 0 atom stereocenters. The molecule has 0 aliphatic rings. The van der Waals surface area contributed by atoms with Crippen LogP contribution in [0.1, 0.15) is 24.6 Å². The van der Waals surface area contributed by atoms with Gasteiger partial charge in [-0.05, 0) is 25.5 Å². The van der Waals surface area contributed by atoms with Crippen molar-refractivity contribution in [3.05, 3.63) is 41.9 Å². The fourth-order valence-electron chi connectivity index (χ4n) is 2.30. The molecular formula is C16H15N5O.